The Bertz CT molecular complexity index is 158. The Morgan fingerprint density at radius 2 is 1.60 bits per heavy atom. The molecule has 1 unspecified atom stereocenters. The van der Waals surface area contributed by atoms with Gasteiger partial charge in [-0.25, -0.2) is 0 Å². The van der Waals surface area contributed by atoms with Gasteiger partial charge in [-0.15, -0.1) is 0 Å². The number of likely N-dealkylation sites (N-methyl/N-ethyl adjacent to an activating group) is 1. The molecule has 92 valence electrons. The highest BCUT2D eigenvalue weighted by Gasteiger charge is 2.14. The minimum Gasteiger partial charge on any atom is -0.480 e. The van der Waals surface area contributed by atoms with Gasteiger partial charge in [0.05, 0.1) is 0 Å². The van der Waals surface area contributed by atoms with E-state index in [1.807, 2.05) is 27.7 Å². The van der Waals surface area contributed by atoms with Crippen LogP contribution in [0.3, 0.4) is 0 Å². The van der Waals surface area contributed by atoms with E-state index in [4.69, 9.17) is 5.11 Å². The van der Waals surface area contributed by atoms with Crippen molar-refractivity contribution in [3.05, 3.63) is 0 Å². The maximum Gasteiger partial charge on any atom is 0.320 e. The lowest BCUT2D eigenvalue weighted by atomic mass is 10.1. The summed E-state index contributed by atoms with van der Waals surface area (Å²) in [6.45, 7) is 9.45. The quantitative estimate of drug-likeness (QED) is 0.743. The van der Waals surface area contributed by atoms with Crippen molar-refractivity contribution in [3.63, 3.8) is 0 Å². The first-order valence-electron chi connectivity index (χ1n) is 5.47. The van der Waals surface area contributed by atoms with Crippen LogP contribution in [0.4, 0.5) is 0 Å². The molecule has 0 bridgehead atoms. The zero-order valence-electron chi connectivity index (χ0n) is 10.8. The fourth-order valence-corrected chi connectivity index (χ4v) is 0.739. The number of nitrogens with one attached hydrogen (secondary N) is 1. The molecule has 0 amide bonds. The lowest BCUT2D eigenvalue weighted by Crippen LogP contribution is -2.34. The Kier molecular flexibility index (Phi) is 20.4. The summed E-state index contributed by atoms with van der Waals surface area (Å²) in [5, 5.41) is 11.1. The molecule has 0 aromatic heterocycles. The van der Waals surface area contributed by atoms with Crippen molar-refractivity contribution in [1.82, 2.24) is 5.32 Å². The summed E-state index contributed by atoms with van der Waals surface area (Å²) in [5.41, 5.74) is 0. The second-order valence-electron chi connectivity index (χ2n) is 2.42. The summed E-state index contributed by atoms with van der Waals surface area (Å²) >= 11 is 0. The Hall–Kier alpha value is -0.900. The number of carbonyl (C=O) groups is 2. The fourth-order valence-electron chi connectivity index (χ4n) is 0.739. The molecule has 0 spiro atoms. The highest BCUT2D eigenvalue weighted by atomic mass is 16.4. The summed E-state index contributed by atoms with van der Waals surface area (Å²) < 4.78 is 0. The number of carbonyl (C=O) groups excluding carboxylic acids is 1. The third-order valence-corrected chi connectivity index (χ3v) is 1.43. The van der Waals surface area contributed by atoms with E-state index in [9.17, 15) is 9.59 Å². The summed E-state index contributed by atoms with van der Waals surface area (Å²) in [7, 11) is 1.57. The molecule has 0 rings (SSSR count). The first kappa shape index (κ1) is 19.6. The third kappa shape index (κ3) is 15.8. The van der Waals surface area contributed by atoms with Crippen LogP contribution in [-0.4, -0.2) is 29.9 Å². The highest BCUT2D eigenvalue weighted by Crippen LogP contribution is 1.97. The van der Waals surface area contributed by atoms with Gasteiger partial charge in [-0.1, -0.05) is 27.7 Å². The Balaban J connectivity index is -0.000000318. The summed E-state index contributed by atoms with van der Waals surface area (Å²) in [6.07, 6.45) is 0.680. The molecule has 2 N–H and O–H groups in total. The van der Waals surface area contributed by atoms with Gasteiger partial charge in [0.2, 0.25) is 0 Å². The number of ketones is 1. The van der Waals surface area contributed by atoms with Gasteiger partial charge in [0.25, 0.3) is 0 Å². The van der Waals surface area contributed by atoms with Crippen LogP contribution in [0.5, 0.6) is 0 Å². The zero-order valence-corrected chi connectivity index (χ0v) is 10.8. The number of carboxylic acids is 1. The molecule has 0 aromatic carbocycles. The van der Waals surface area contributed by atoms with Gasteiger partial charge in [0.1, 0.15) is 11.8 Å². The molecule has 0 aliphatic heterocycles. The van der Waals surface area contributed by atoms with Gasteiger partial charge in [-0.3, -0.25) is 4.79 Å². The lowest BCUT2D eigenvalue weighted by Gasteiger charge is -2.08. The molecular formula is C11H25NO3. The standard InChI is InChI=1S/C7H13NO3.2C2H6/c1-5(9)3-4-6(8-2)7(10)11;2*1-2/h6,8H,3-4H2,1-2H3,(H,10,11);2*1-2H3. The van der Waals surface area contributed by atoms with Crippen molar-refractivity contribution < 1.29 is 14.7 Å². The number of hydrogen-bond donors (Lipinski definition) is 2. The normalized spacial score (nSPS) is 10.0. The van der Waals surface area contributed by atoms with Crippen LogP contribution < -0.4 is 5.32 Å². The minimum absolute atomic E-state index is 0.0199. The SMILES string of the molecule is CC.CC.CNC(CCC(C)=O)C(=O)O. The Morgan fingerprint density at radius 3 is 1.80 bits per heavy atom. The van der Waals surface area contributed by atoms with Gasteiger partial charge in [-0.05, 0) is 20.4 Å². The predicted octanol–water partition coefficient (Wildman–Crippen LogP) is 2.08. The lowest BCUT2D eigenvalue weighted by molar-refractivity contribution is -0.139. The molecule has 4 heteroatoms. The molecule has 0 saturated heterocycles. The average molecular weight is 219 g/mol. The van der Waals surface area contributed by atoms with E-state index in [0.29, 0.717) is 12.8 Å². The third-order valence-electron chi connectivity index (χ3n) is 1.43. The highest BCUT2D eigenvalue weighted by molar-refractivity contribution is 5.78. The first-order chi connectivity index (χ1) is 7.07. The zero-order chi connectivity index (χ0) is 12.9. The monoisotopic (exact) mass is 219 g/mol. The summed E-state index contributed by atoms with van der Waals surface area (Å²) in [5.74, 6) is -0.889. The predicted molar refractivity (Wildman–Crippen MR) is 63.1 cm³/mol. The maximum absolute atomic E-state index is 10.5. The molecule has 0 saturated carbocycles. The van der Waals surface area contributed by atoms with Crippen LogP contribution >= 0.6 is 0 Å². The number of Topliss-reactive ketones (excluding diaryl/α,β-unsaturated/α-hetero) is 1. The molecule has 0 aromatic rings. The number of aliphatic carboxylic acids is 1. The van der Waals surface area contributed by atoms with Gasteiger partial charge >= 0.3 is 5.97 Å². The van der Waals surface area contributed by atoms with Gasteiger partial charge < -0.3 is 15.2 Å². The Labute approximate surface area is 93.1 Å². The fraction of sp³-hybridized carbons (Fsp3) is 0.818. The van der Waals surface area contributed by atoms with E-state index >= 15 is 0 Å². The van der Waals surface area contributed by atoms with E-state index in [1.165, 1.54) is 6.92 Å². The molecule has 0 aliphatic carbocycles. The second-order valence-corrected chi connectivity index (χ2v) is 2.42. The molecular weight excluding hydrogens is 194 g/mol. The molecule has 0 fully saturated rings. The molecule has 4 nitrogen and oxygen atoms in total. The van der Waals surface area contributed by atoms with Crippen molar-refractivity contribution in [2.75, 3.05) is 7.05 Å². The van der Waals surface area contributed by atoms with Crippen molar-refractivity contribution >= 4 is 11.8 Å². The van der Waals surface area contributed by atoms with Crippen LogP contribution in [0.15, 0.2) is 0 Å². The van der Waals surface area contributed by atoms with Crippen molar-refractivity contribution in [2.24, 2.45) is 0 Å². The van der Waals surface area contributed by atoms with E-state index in [0.717, 1.165) is 0 Å². The number of rotatable bonds is 5. The van der Waals surface area contributed by atoms with Crippen LogP contribution in [-0.2, 0) is 9.59 Å². The maximum atomic E-state index is 10.5. The van der Waals surface area contributed by atoms with Gasteiger partial charge in [-0.2, -0.15) is 0 Å². The smallest absolute Gasteiger partial charge is 0.320 e. The summed E-state index contributed by atoms with van der Waals surface area (Å²) in [6, 6.07) is -0.598. The average Bonchev–Trinajstić information content (AvgIpc) is 2.24. The summed E-state index contributed by atoms with van der Waals surface area (Å²) in [4.78, 5) is 20.8. The molecule has 15 heavy (non-hydrogen) atoms. The van der Waals surface area contributed by atoms with E-state index in [-0.39, 0.29) is 5.78 Å². The van der Waals surface area contributed by atoms with E-state index < -0.39 is 12.0 Å². The van der Waals surface area contributed by atoms with Crippen molar-refractivity contribution in [2.45, 2.75) is 53.5 Å². The Morgan fingerprint density at radius 1 is 1.20 bits per heavy atom. The second kappa shape index (κ2) is 15.6. The van der Waals surface area contributed by atoms with Crippen molar-refractivity contribution in [1.29, 1.82) is 0 Å². The van der Waals surface area contributed by atoms with E-state index in [2.05, 4.69) is 5.32 Å². The van der Waals surface area contributed by atoms with Gasteiger partial charge in [0, 0.05) is 6.42 Å². The molecule has 0 heterocycles. The number of carboxylic acid groups (broad SMARTS) is 1. The molecule has 1 atom stereocenters. The van der Waals surface area contributed by atoms with Crippen LogP contribution in [0, 0.1) is 0 Å². The number of hydrogen-bond acceptors (Lipinski definition) is 3. The molecule has 0 aliphatic rings. The van der Waals surface area contributed by atoms with Crippen LogP contribution in [0.25, 0.3) is 0 Å². The van der Waals surface area contributed by atoms with E-state index in [1.54, 1.807) is 7.05 Å². The molecule has 0 radical (unpaired) electrons. The van der Waals surface area contributed by atoms with Crippen LogP contribution in [0.1, 0.15) is 47.5 Å². The topological polar surface area (TPSA) is 66.4 Å². The minimum atomic E-state index is -0.909. The van der Waals surface area contributed by atoms with Crippen molar-refractivity contribution in [3.8, 4) is 0 Å². The largest absolute Gasteiger partial charge is 0.480 e. The van der Waals surface area contributed by atoms with Crippen LogP contribution in [0.2, 0.25) is 0 Å². The first-order valence-corrected chi connectivity index (χ1v) is 5.47. The van der Waals surface area contributed by atoms with Gasteiger partial charge in [0.15, 0.2) is 0 Å².